The molecule has 2 unspecified atom stereocenters. The zero-order chi connectivity index (χ0) is 23.5. The predicted octanol–water partition coefficient (Wildman–Crippen LogP) is 4.10. The van der Waals surface area contributed by atoms with Crippen LogP contribution >= 0.6 is 0 Å². The van der Waals surface area contributed by atoms with Crippen LogP contribution in [0.1, 0.15) is 63.0 Å². The van der Waals surface area contributed by atoms with E-state index in [0.717, 1.165) is 51.4 Å². The number of para-hydroxylation sites is 2. The van der Waals surface area contributed by atoms with Gasteiger partial charge in [0.25, 0.3) is 5.91 Å². The third kappa shape index (κ3) is 4.69. The molecule has 2 aliphatic carbocycles. The lowest BCUT2D eigenvalue weighted by atomic mass is 9.99. The summed E-state index contributed by atoms with van der Waals surface area (Å²) in [7, 11) is 0. The molecule has 0 spiro atoms. The Bertz CT molecular complexity index is 1010. The number of amides is 2. The zero-order valence-electron chi connectivity index (χ0n) is 19.3. The van der Waals surface area contributed by atoms with Crippen LogP contribution in [0.2, 0.25) is 0 Å². The average molecular weight is 465 g/mol. The van der Waals surface area contributed by atoms with E-state index in [-0.39, 0.29) is 36.3 Å². The fraction of sp³-hybridized carbons (Fsp3) is 0.481. The minimum atomic E-state index is -0.825. The van der Waals surface area contributed by atoms with E-state index in [0.29, 0.717) is 17.1 Å². The van der Waals surface area contributed by atoms with E-state index in [1.807, 2.05) is 18.2 Å². The monoisotopic (exact) mass is 464 g/mol. The summed E-state index contributed by atoms with van der Waals surface area (Å²) in [5, 5.41) is 13.0. The Kier molecular flexibility index (Phi) is 6.61. The number of hydrogen-bond donors (Lipinski definition) is 2. The van der Waals surface area contributed by atoms with Gasteiger partial charge in [0.05, 0.1) is 0 Å². The maximum Gasteiger partial charge on any atom is 0.268 e. The van der Waals surface area contributed by atoms with E-state index in [1.54, 1.807) is 35.2 Å². The molecule has 2 saturated carbocycles. The van der Waals surface area contributed by atoms with E-state index < -0.39 is 12.1 Å². The van der Waals surface area contributed by atoms with Crippen molar-refractivity contribution < 1.29 is 24.2 Å². The molecule has 1 aliphatic heterocycles. The van der Waals surface area contributed by atoms with Crippen molar-refractivity contribution in [3.8, 4) is 17.2 Å². The van der Waals surface area contributed by atoms with Gasteiger partial charge in [-0.25, -0.2) is 0 Å². The number of nitrogens with one attached hydrogen (secondary N) is 1. The normalized spacial score (nSPS) is 21.2. The molecular formula is C27H32N2O5. The van der Waals surface area contributed by atoms with Crippen molar-refractivity contribution in [2.45, 2.75) is 75.6 Å². The summed E-state index contributed by atoms with van der Waals surface area (Å²) in [5.41, 5.74) is 0.686. The van der Waals surface area contributed by atoms with Gasteiger partial charge in [0.2, 0.25) is 12.0 Å². The van der Waals surface area contributed by atoms with Crippen molar-refractivity contribution in [3.63, 3.8) is 0 Å². The van der Waals surface area contributed by atoms with Crippen molar-refractivity contribution in [2.24, 2.45) is 0 Å². The number of phenolic OH excluding ortho intramolecular Hbond substituents is 1. The first-order valence-electron chi connectivity index (χ1n) is 12.4. The van der Waals surface area contributed by atoms with Gasteiger partial charge in [-0.2, -0.15) is 0 Å². The molecule has 0 bridgehead atoms. The van der Waals surface area contributed by atoms with Crippen LogP contribution in [0.4, 0.5) is 0 Å². The van der Waals surface area contributed by atoms with Crippen molar-refractivity contribution in [3.05, 3.63) is 54.1 Å². The maximum absolute atomic E-state index is 14.0. The first kappa shape index (κ1) is 22.6. The topological polar surface area (TPSA) is 88.1 Å². The SMILES string of the molecule is O=C(NC1CCCC1)C(c1ccc(O)cc1)N(C(=O)C1COc2ccccc2O1)C1CCCC1. The molecule has 0 saturated heterocycles. The highest BCUT2D eigenvalue weighted by Crippen LogP contribution is 2.36. The second-order valence-electron chi connectivity index (χ2n) is 9.53. The van der Waals surface area contributed by atoms with E-state index >= 15 is 0 Å². The molecule has 2 fully saturated rings. The van der Waals surface area contributed by atoms with E-state index in [1.165, 1.54) is 0 Å². The second kappa shape index (κ2) is 9.95. The van der Waals surface area contributed by atoms with Gasteiger partial charge in [-0.15, -0.1) is 0 Å². The molecule has 2 amide bonds. The number of aromatic hydroxyl groups is 1. The van der Waals surface area contributed by atoms with Crippen LogP contribution in [-0.4, -0.2) is 46.6 Å². The summed E-state index contributed by atoms with van der Waals surface area (Å²) in [6.45, 7) is 0.103. The highest BCUT2D eigenvalue weighted by molar-refractivity contribution is 5.91. The highest BCUT2D eigenvalue weighted by Gasteiger charge is 2.42. The molecule has 0 radical (unpaired) electrons. The Morgan fingerprint density at radius 3 is 2.26 bits per heavy atom. The van der Waals surface area contributed by atoms with Crippen LogP contribution in [0.15, 0.2) is 48.5 Å². The van der Waals surface area contributed by atoms with Crippen LogP contribution in [0.25, 0.3) is 0 Å². The van der Waals surface area contributed by atoms with Gasteiger partial charge in [-0.1, -0.05) is 49.9 Å². The molecule has 1 heterocycles. The summed E-state index contributed by atoms with van der Waals surface area (Å²) in [6, 6.07) is 13.2. The number of ether oxygens (including phenoxy) is 2. The Morgan fingerprint density at radius 1 is 0.912 bits per heavy atom. The molecular weight excluding hydrogens is 432 g/mol. The Balaban J connectivity index is 1.48. The lowest BCUT2D eigenvalue weighted by Gasteiger charge is -2.39. The number of phenols is 1. The zero-order valence-corrected chi connectivity index (χ0v) is 19.3. The molecule has 0 aromatic heterocycles. The van der Waals surface area contributed by atoms with Crippen LogP contribution in [0.3, 0.4) is 0 Å². The van der Waals surface area contributed by atoms with Crippen LogP contribution in [0, 0.1) is 0 Å². The van der Waals surface area contributed by atoms with Crippen molar-refractivity contribution in [2.75, 3.05) is 6.61 Å². The molecule has 2 aromatic rings. The van der Waals surface area contributed by atoms with Gasteiger partial charge in [0.15, 0.2) is 11.5 Å². The lowest BCUT2D eigenvalue weighted by molar-refractivity contribution is -0.151. The number of fused-ring (bicyclic) bond motifs is 1. The first-order chi connectivity index (χ1) is 16.6. The first-order valence-corrected chi connectivity index (χ1v) is 12.4. The summed E-state index contributed by atoms with van der Waals surface area (Å²) in [5.74, 6) is 0.872. The van der Waals surface area contributed by atoms with Gasteiger partial charge >= 0.3 is 0 Å². The Labute approximate surface area is 200 Å². The smallest absolute Gasteiger partial charge is 0.268 e. The molecule has 2 N–H and O–H groups in total. The van der Waals surface area contributed by atoms with Gasteiger partial charge in [-0.05, 0) is 55.5 Å². The number of carbonyl (C=O) groups is 2. The number of hydrogen-bond acceptors (Lipinski definition) is 5. The van der Waals surface area contributed by atoms with Crippen LogP contribution < -0.4 is 14.8 Å². The lowest BCUT2D eigenvalue weighted by Crippen LogP contribution is -2.55. The van der Waals surface area contributed by atoms with Gasteiger partial charge < -0.3 is 24.8 Å². The van der Waals surface area contributed by atoms with Crippen LogP contribution in [-0.2, 0) is 9.59 Å². The van der Waals surface area contributed by atoms with Gasteiger partial charge in [-0.3, -0.25) is 9.59 Å². The molecule has 7 heteroatoms. The number of benzene rings is 2. The number of nitrogens with zero attached hydrogens (tertiary/aromatic N) is 1. The summed E-state index contributed by atoms with van der Waals surface area (Å²) >= 11 is 0. The summed E-state index contributed by atoms with van der Waals surface area (Å²) < 4.78 is 11.9. The largest absolute Gasteiger partial charge is 0.508 e. The fourth-order valence-corrected chi connectivity index (χ4v) is 5.45. The Hall–Kier alpha value is -3.22. The highest BCUT2D eigenvalue weighted by atomic mass is 16.6. The molecule has 34 heavy (non-hydrogen) atoms. The summed E-state index contributed by atoms with van der Waals surface area (Å²) in [4.78, 5) is 29.5. The van der Waals surface area contributed by atoms with Crippen LogP contribution in [0.5, 0.6) is 17.2 Å². The van der Waals surface area contributed by atoms with Crippen molar-refractivity contribution in [1.29, 1.82) is 0 Å². The standard InChI is InChI=1S/C27H32N2O5/c30-21-15-13-18(14-16-21)25(26(31)28-19-7-1-2-8-19)29(20-9-3-4-10-20)27(32)24-17-33-22-11-5-6-12-23(22)34-24/h5-6,11-16,19-20,24-25,30H,1-4,7-10,17H2,(H,28,31). The third-order valence-electron chi connectivity index (χ3n) is 7.19. The number of carbonyl (C=O) groups excluding carboxylic acids is 2. The quantitative estimate of drug-likeness (QED) is 0.672. The molecule has 180 valence electrons. The average Bonchev–Trinajstić information content (AvgIpc) is 3.57. The maximum atomic E-state index is 14.0. The third-order valence-corrected chi connectivity index (χ3v) is 7.19. The summed E-state index contributed by atoms with van der Waals surface area (Å²) in [6.07, 6.45) is 7.04. The van der Waals surface area contributed by atoms with E-state index in [9.17, 15) is 14.7 Å². The fourth-order valence-electron chi connectivity index (χ4n) is 5.45. The van der Waals surface area contributed by atoms with Crippen molar-refractivity contribution >= 4 is 11.8 Å². The molecule has 2 atom stereocenters. The predicted molar refractivity (Wildman–Crippen MR) is 127 cm³/mol. The molecule has 7 nitrogen and oxygen atoms in total. The van der Waals surface area contributed by atoms with Gasteiger partial charge in [0, 0.05) is 12.1 Å². The second-order valence-corrected chi connectivity index (χ2v) is 9.53. The van der Waals surface area contributed by atoms with E-state index in [2.05, 4.69) is 5.32 Å². The number of rotatable bonds is 6. The molecule has 2 aromatic carbocycles. The van der Waals surface area contributed by atoms with Crippen molar-refractivity contribution in [1.82, 2.24) is 10.2 Å². The molecule has 5 rings (SSSR count). The van der Waals surface area contributed by atoms with Gasteiger partial charge in [0.1, 0.15) is 18.4 Å². The van der Waals surface area contributed by atoms with E-state index in [4.69, 9.17) is 9.47 Å². The minimum Gasteiger partial charge on any atom is -0.508 e. The molecule has 3 aliphatic rings. The minimum absolute atomic E-state index is 0.0543. The Morgan fingerprint density at radius 2 is 1.56 bits per heavy atom.